The predicted octanol–water partition coefficient (Wildman–Crippen LogP) is 3.44. The van der Waals surface area contributed by atoms with Crippen LogP contribution in [0.25, 0.3) is 0 Å². The van der Waals surface area contributed by atoms with Crippen molar-refractivity contribution in [2.75, 3.05) is 6.61 Å². The molecule has 1 aromatic rings. The average molecular weight is 375 g/mol. The molecule has 0 aliphatic heterocycles. The summed E-state index contributed by atoms with van der Waals surface area (Å²) in [5.74, 6) is 0.0772. The van der Waals surface area contributed by atoms with Crippen molar-refractivity contribution >= 4 is 11.7 Å². The molecule has 0 saturated carbocycles. The normalized spacial score (nSPS) is 13.9. The Morgan fingerprint density at radius 2 is 1.81 bits per heavy atom. The molecule has 0 aromatic heterocycles. The fourth-order valence-electron chi connectivity index (χ4n) is 2.86. The van der Waals surface area contributed by atoms with Gasteiger partial charge in [-0.2, -0.15) is 0 Å². The minimum Gasteiger partial charge on any atom is -0.394 e. The van der Waals surface area contributed by atoms with Crippen LogP contribution >= 0.6 is 0 Å². The minimum absolute atomic E-state index is 0.0680. The molecule has 0 aliphatic carbocycles. The van der Waals surface area contributed by atoms with Crippen molar-refractivity contribution in [3.8, 4) is 0 Å². The van der Waals surface area contributed by atoms with Gasteiger partial charge >= 0.3 is 0 Å². The second-order valence-corrected chi connectivity index (χ2v) is 7.41. The van der Waals surface area contributed by atoms with Crippen LogP contribution in [0.4, 0.5) is 0 Å². The van der Waals surface area contributed by atoms with Gasteiger partial charge in [-0.25, -0.2) is 0 Å². The van der Waals surface area contributed by atoms with Gasteiger partial charge in [-0.15, -0.1) is 0 Å². The number of amides is 1. The number of carbonyl (C=O) groups is 2. The maximum Gasteiger partial charge on any atom is 0.242 e. The highest BCUT2D eigenvalue weighted by Gasteiger charge is 2.22. The molecule has 2 atom stereocenters. The second kappa shape index (κ2) is 12.3. The summed E-state index contributed by atoms with van der Waals surface area (Å²) in [5, 5.41) is 15.6. The number of unbranched alkanes of at least 4 members (excludes halogenated alkanes) is 1. The molecule has 0 aliphatic rings. The number of ketones is 1. The van der Waals surface area contributed by atoms with Gasteiger partial charge in [0.2, 0.25) is 5.91 Å². The number of allylic oxidation sites excluding steroid dienone is 2. The third kappa shape index (κ3) is 8.87. The van der Waals surface area contributed by atoms with Crippen molar-refractivity contribution in [2.45, 2.75) is 65.5 Å². The molecular weight excluding hydrogens is 340 g/mol. The third-order valence-electron chi connectivity index (χ3n) is 4.30. The summed E-state index contributed by atoms with van der Waals surface area (Å²) in [6, 6.07) is 8.37. The molecule has 0 saturated heterocycles. The number of benzene rings is 1. The van der Waals surface area contributed by atoms with Crippen LogP contribution in [0.15, 0.2) is 42.1 Å². The zero-order valence-electron chi connectivity index (χ0n) is 17.0. The van der Waals surface area contributed by atoms with Crippen LogP contribution in [-0.2, 0) is 4.79 Å². The summed E-state index contributed by atoms with van der Waals surface area (Å²) in [4.78, 5) is 25.0. The quantitative estimate of drug-likeness (QED) is 0.387. The highest BCUT2D eigenvalue weighted by molar-refractivity contribution is 6.04. The van der Waals surface area contributed by atoms with Gasteiger partial charge in [0, 0.05) is 17.3 Å². The standard InChI is InChI=1S/C22H34N2O3/c1-5-6-12-19(15-25)24-22(27)20(13-16(2)3)23-17(4)14-21(26)18-10-8-7-9-11-18/h7-11,14,16,19-20,23,25H,5-6,12-13,15H2,1-4H3,(H,24,27)/b17-14+/t19-,20-/m0/s1. The van der Waals surface area contributed by atoms with Crippen LogP contribution in [-0.4, -0.2) is 35.5 Å². The number of nitrogens with one attached hydrogen (secondary N) is 2. The van der Waals surface area contributed by atoms with E-state index in [-0.39, 0.29) is 24.3 Å². The molecule has 3 N–H and O–H groups in total. The van der Waals surface area contributed by atoms with E-state index in [9.17, 15) is 14.7 Å². The largest absolute Gasteiger partial charge is 0.394 e. The van der Waals surface area contributed by atoms with E-state index in [4.69, 9.17) is 0 Å². The molecular formula is C22H34N2O3. The van der Waals surface area contributed by atoms with Crippen molar-refractivity contribution in [3.63, 3.8) is 0 Å². The summed E-state index contributed by atoms with van der Waals surface area (Å²) in [7, 11) is 0. The van der Waals surface area contributed by atoms with E-state index in [2.05, 4.69) is 31.4 Å². The van der Waals surface area contributed by atoms with Gasteiger partial charge in [0.05, 0.1) is 12.6 Å². The Hall–Kier alpha value is -2.14. The maximum absolute atomic E-state index is 12.7. The highest BCUT2D eigenvalue weighted by Crippen LogP contribution is 2.09. The van der Waals surface area contributed by atoms with E-state index < -0.39 is 6.04 Å². The first-order chi connectivity index (χ1) is 12.9. The van der Waals surface area contributed by atoms with E-state index in [0.29, 0.717) is 23.6 Å². The van der Waals surface area contributed by atoms with Crippen LogP contribution in [0.1, 0.15) is 63.7 Å². The number of hydrogen-bond donors (Lipinski definition) is 3. The Morgan fingerprint density at radius 1 is 1.15 bits per heavy atom. The maximum atomic E-state index is 12.7. The molecule has 1 amide bonds. The SMILES string of the molecule is CCCC[C@@H](CO)NC(=O)[C@H](CC(C)C)N/C(C)=C/C(=O)c1ccccc1. The first-order valence-electron chi connectivity index (χ1n) is 9.82. The Bertz CT molecular complexity index is 611. The van der Waals surface area contributed by atoms with Crippen LogP contribution in [0.3, 0.4) is 0 Å². The fourth-order valence-corrected chi connectivity index (χ4v) is 2.86. The predicted molar refractivity (Wildman–Crippen MR) is 109 cm³/mol. The van der Waals surface area contributed by atoms with Gasteiger partial charge in [-0.3, -0.25) is 9.59 Å². The first-order valence-corrected chi connectivity index (χ1v) is 9.82. The monoisotopic (exact) mass is 374 g/mol. The second-order valence-electron chi connectivity index (χ2n) is 7.41. The summed E-state index contributed by atoms with van der Waals surface area (Å²) < 4.78 is 0. The van der Waals surface area contributed by atoms with Gasteiger partial charge in [-0.1, -0.05) is 63.9 Å². The molecule has 1 aromatic carbocycles. The number of aliphatic hydroxyl groups excluding tert-OH is 1. The molecule has 27 heavy (non-hydrogen) atoms. The molecule has 5 nitrogen and oxygen atoms in total. The van der Waals surface area contributed by atoms with Gasteiger partial charge in [-0.05, 0) is 25.7 Å². The Labute approximate surface area is 163 Å². The van der Waals surface area contributed by atoms with E-state index in [0.717, 1.165) is 19.3 Å². The van der Waals surface area contributed by atoms with Gasteiger partial charge in [0.1, 0.15) is 6.04 Å². The Kier molecular flexibility index (Phi) is 10.4. The lowest BCUT2D eigenvalue weighted by molar-refractivity contribution is -0.124. The van der Waals surface area contributed by atoms with Gasteiger partial charge in [0.15, 0.2) is 5.78 Å². The lowest BCUT2D eigenvalue weighted by Crippen LogP contribution is -2.49. The lowest BCUT2D eigenvalue weighted by atomic mass is 10.0. The summed E-state index contributed by atoms with van der Waals surface area (Å²) >= 11 is 0. The number of carbonyl (C=O) groups excluding carboxylic acids is 2. The van der Waals surface area contributed by atoms with E-state index in [1.807, 2.05) is 18.2 Å². The van der Waals surface area contributed by atoms with E-state index in [1.54, 1.807) is 19.1 Å². The first kappa shape index (κ1) is 22.9. The molecule has 0 unspecified atom stereocenters. The molecule has 0 fully saturated rings. The lowest BCUT2D eigenvalue weighted by Gasteiger charge is -2.24. The fraction of sp³-hybridized carbons (Fsp3) is 0.545. The van der Waals surface area contributed by atoms with Crippen LogP contribution in [0.5, 0.6) is 0 Å². The van der Waals surface area contributed by atoms with Crippen molar-refractivity contribution in [3.05, 3.63) is 47.7 Å². The molecule has 150 valence electrons. The molecule has 0 radical (unpaired) electrons. The highest BCUT2D eigenvalue weighted by atomic mass is 16.3. The van der Waals surface area contributed by atoms with E-state index in [1.165, 1.54) is 6.08 Å². The van der Waals surface area contributed by atoms with Crippen molar-refractivity contribution in [1.29, 1.82) is 0 Å². The van der Waals surface area contributed by atoms with Crippen molar-refractivity contribution in [2.24, 2.45) is 5.92 Å². The topological polar surface area (TPSA) is 78.4 Å². The van der Waals surface area contributed by atoms with Crippen LogP contribution < -0.4 is 10.6 Å². The van der Waals surface area contributed by atoms with Gasteiger partial charge in [0.25, 0.3) is 0 Å². The number of aliphatic hydroxyl groups is 1. The molecule has 0 heterocycles. The molecule has 0 spiro atoms. The summed E-state index contributed by atoms with van der Waals surface area (Å²) in [6.07, 6.45) is 4.90. The van der Waals surface area contributed by atoms with Crippen LogP contribution in [0, 0.1) is 5.92 Å². The summed E-state index contributed by atoms with van der Waals surface area (Å²) in [5.41, 5.74) is 1.27. The Balaban J connectivity index is 2.79. The summed E-state index contributed by atoms with van der Waals surface area (Å²) in [6.45, 7) is 7.91. The molecule has 0 bridgehead atoms. The van der Waals surface area contributed by atoms with Crippen molar-refractivity contribution in [1.82, 2.24) is 10.6 Å². The number of hydrogen-bond acceptors (Lipinski definition) is 4. The third-order valence-corrected chi connectivity index (χ3v) is 4.30. The average Bonchev–Trinajstić information content (AvgIpc) is 2.64. The zero-order valence-corrected chi connectivity index (χ0v) is 17.0. The number of rotatable bonds is 12. The molecule has 5 heteroatoms. The molecule has 1 rings (SSSR count). The van der Waals surface area contributed by atoms with E-state index >= 15 is 0 Å². The Morgan fingerprint density at radius 3 is 2.37 bits per heavy atom. The zero-order chi connectivity index (χ0) is 20.2. The minimum atomic E-state index is -0.444. The van der Waals surface area contributed by atoms with Crippen molar-refractivity contribution < 1.29 is 14.7 Å². The van der Waals surface area contributed by atoms with Crippen LogP contribution in [0.2, 0.25) is 0 Å². The van der Waals surface area contributed by atoms with Gasteiger partial charge < -0.3 is 15.7 Å². The smallest absolute Gasteiger partial charge is 0.242 e.